The molecule has 0 aromatic heterocycles. The molecule has 2 aromatic rings. The van der Waals surface area contributed by atoms with Crippen LogP contribution in [0.5, 0.6) is 0 Å². The smallest absolute Gasteiger partial charge is 0.407 e. The van der Waals surface area contributed by atoms with E-state index < -0.39 is 0 Å². The highest BCUT2D eigenvalue weighted by atomic mass is 16.6. The Hall–Kier alpha value is -2.33. The number of alkyl carbamates (subject to hydrolysis) is 1. The Morgan fingerprint density at radius 1 is 1.06 bits per heavy atom. The van der Waals surface area contributed by atoms with Crippen molar-refractivity contribution in [3.63, 3.8) is 0 Å². The second-order valence-electron chi connectivity index (χ2n) is 11.1. The fraction of sp³-hybridized carbons (Fsp3) is 0.567. The predicted octanol–water partition coefficient (Wildman–Crippen LogP) is 6.70. The zero-order chi connectivity index (χ0) is 23.9. The molecule has 1 unspecified atom stereocenters. The molecule has 1 amide bonds. The summed E-state index contributed by atoms with van der Waals surface area (Å²) in [6.45, 7) is 12.2. The standard InChI is InChI=1S/C30H40N2O2/c1-5-30(6-2)18-25-17-24(22-9-7-21(8-10-22)20(3)4)11-12-26(25)28(30)31-29(33)34-27-19-32-15-13-23(27)14-16-32/h7-12,17,20,23,27-28H,5-6,13-16,18-19H2,1-4H3,(H,31,33)/t27-,28?/m0/s1. The number of nitrogens with zero attached hydrogens (tertiary/aromatic N) is 1. The van der Waals surface area contributed by atoms with Crippen LogP contribution in [0, 0.1) is 11.3 Å². The summed E-state index contributed by atoms with van der Waals surface area (Å²) in [6.07, 6.45) is 5.16. The van der Waals surface area contributed by atoms with Crippen LogP contribution in [0.1, 0.15) is 82.0 Å². The van der Waals surface area contributed by atoms with E-state index in [-0.39, 0.29) is 23.7 Å². The lowest BCUT2D eigenvalue weighted by atomic mass is 9.76. The molecule has 0 saturated carbocycles. The molecule has 34 heavy (non-hydrogen) atoms. The van der Waals surface area contributed by atoms with Gasteiger partial charge in [-0.1, -0.05) is 70.2 Å². The van der Waals surface area contributed by atoms with Gasteiger partial charge in [0.15, 0.2) is 0 Å². The molecule has 3 heterocycles. The van der Waals surface area contributed by atoms with Gasteiger partial charge in [0.1, 0.15) is 6.10 Å². The Kier molecular flexibility index (Phi) is 6.45. The summed E-state index contributed by atoms with van der Waals surface area (Å²) in [5.74, 6) is 1.06. The van der Waals surface area contributed by atoms with Gasteiger partial charge >= 0.3 is 6.09 Å². The first-order valence-corrected chi connectivity index (χ1v) is 13.3. The molecule has 4 aliphatic rings. The highest BCUT2D eigenvalue weighted by Crippen LogP contribution is 2.51. The van der Waals surface area contributed by atoms with Crippen molar-refractivity contribution in [2.24, 2.45) is 11.3 Å². The maximum atomic E-state index is 13.1. The van der Waals surface area contributed by atoms with Crippen molar-refractivity contribution >= 4 is 6.09 Å². The number of hydrogen-bond donors (Lipinski definition) is 1. The number of fused-ring (bicyclic) bond motifs is 4. The fourth-order valence-electron chi connectivity index (χ4n) is 6.56. The average molecular weight is 461 g/mol. The van der Waals surface area contributed by atoms with E-state index in [4.69, 9.17) is 4.74 Å². The van der Waals surface area contributed by atoms with E-state index in [0.29, 0.717) is 11.8 Å². The molecule has 3 fully saturated rings. The lowest BCUT2D eigenvalue weighted by Crippen LogP contribution is -2.53. The Morgan fingerprint density at radius 3 is 2.32 bits per heavy atom. The molecule has 182 valence electrons. The van der Waals surface area contributed by atoms with Gasteiger partial charge in [-0.2, -0.15) is 0 Å². The van der Waals surface area contributed by atoms with Crippen LogP contribution < -0.4 is 5.32 Å². The van der Waals surface area contributed by atoms with Crippen molar-refractivity contribution < 1.29 is 9.53 Å². The molecule has 2 bridgehead atoms. The topological polar surface area (TPSA) is 41.6 Å². The number of piperidine rings is 3. The van der Waals surface area contributed by atoms with Gasteiger partial charge in [-0.3, -0.25) is 4.90 Å². The van der Waals surface area contributed by atoms with Gasteiger partial charge in [-0.15, -0.1) is 0 Å². The van der Waals surface area contributed by atoms with Crippen molar-refractivity contribution in [1.29, 1.82) is 0 Å². The predicted molar refractivity (Wildman–Crippen MR) is 138 cm³/mol. The van der Waals surface area contributed by atoms with E-state index in [2.05, 4.69) is 80.4 Å². The van der Waals surface area contributed by atoms with Crippen LogP contribution in [0.4, 0.5) is 4.79 Å². The number of hydrogen-bond acceptors (Lipinski definition) is 3. The first kappa shape index (κ1) is 23.4. The van der Waals surface area contributed by atoms with Crippen LogP contribution in [0.25, 0.3) is 11.1 Å². The first-order valence-electron chi connectivity index (χ1n) is 13.3. The monoisotopic (exact) mass is 460 g/mol. The summed E-state index contributed by atoms with van der Waals surface area (Å²) in [4.78, 5) is 15.5. The number of nitrogens with one attached hydrogen (secondary N) is 1. The first-order chi connectivity index (χ1) is 16.4. The van der Waals surface area contributed by atoms with Crippen molar-refractivity contribution in [1.82, 2.24) is 10.2 Å². The van der Waals surface area contributed by atoms with Gasteiger partial charge in [0.2, 0.25) is 0 Å². The lowest BCUT2D eigenvalue weighted by molar-refractivity contribution is -0.0353. The molecular formula is C30H40N2O2. The zero-order valence-corrected chi connectivity index (χ0v) is 21.3. The van der Waals surface area contributed by atoms with Crippen molar-refractivity contribution in [2.75, 3.05) is 19.6 Å². The summed E-state index contributed by atoms with van der Waals surface area (Å²) in [5.41, 5.74) is 6.54. The van der Waals surface area contributed by atoms with Gasteiger partial charge < -0.3 is 10.1 Å². The van der Waals surface area contributed by atoms with Crippen LogP contribution >= 0.6 is 0 Å². The van der Waals surface area contributed by atoms with Gasteiger partial charge in [-0.05, 0) is 90.3 Å². The van der Waals surface area contributed by atoms with Gasteiger partial charge in [0, 0.05) is 6.54 Å². The second-order valence-corrected chi connectivity index (χ2v) is 11.1. The van der Waals surface area contributed by atoms with Crippen LogP contribution in [0.15, 0.2) is 42.5 Å². The minimum absolute atomic E-state index is 0.00320. The normalized spacial score (nSPS) is 27.0. The van der Waals surface area contributed by atoms with Crippen LogP contribution in [0.3, 0.4) is 0 Å². The van der Waals surface area contributed by atoms with E-state index in [1.54, 1.807) is 0 Å². The molecule has 6 rings (SSSR count). The maximum absolute atomic E-state index is 13.1. The van der Waals surface area contributed by atoms with E-state index in [1.165, 1.54) is 27.8 Å². The number of carbonyl (C=O) groups is 1. The quantitative estimate of drug-likeness (QED) is 0.521. The SMILES string of the molecule is CCC1(CC)Cc2cc(-c3ccc(C(C)C)cc3)ccc2C1NC(=O)O[C@H]1CN2CCC1CC2. The molecule has 0 radical (unpaired) electrons. The number of benzene rings is 2. The van der Waals surface area contributed by atoms with E-state index in [0.717, 1.165) is 51.7 Å². The maximum Gasteiger partial charge on any atom is 0.407 e. The third-order valence-corrected chi connectivity index (χ3v) is 9.04. The number of rotatable bonds is 6. The Balaban J connectivity index is 1.36. The lowest BCUT2D eigenvalue weighted by Gasteiger charge is -2.44. The van der Waals surface area contributed by atoms with Crippen molar-refractivity contribution in [3.8, 4) is 11.1 Å². The highest BCUT2D eigenvalue weighted by Gasteiger charge is 2.45. The van der Waals surface area contributed by atoms with Gasteiger partial charge in [0.25, 0.3) is 0 Å². The molecule has 4 heteroatoms. The number of amides is 1. The largest absolute Gasteiger partial charge is 0.445 e. The summed E-state index contributed by atoms with van der Waals surface area (Å²) in [5, 5.41) is 3.33. The molecule has 4 nitrogen and oxygen atoms in total. The Bertz CT molecular complexity index is 1020. The molecule has 1 aliphatic carbocycles. The van der Waals surface area contributed by atoms with Crippen molar-refractivity contribution in [2.45, 2.75) is 77.9 Å². The molecule has 3 saturated heterocycles. The summed E-state index contributed by atoms with van der Waals surface area (Å²) < 4.78 is 6.02. The Labute approximate surface area is 205 Å². The Morgan fingerprint density at radius 2 is 1.74 bits per heavy atom. The summed E-state index contributed by atoms with van der Waals surface area (Å²) >= 11 is 0. The fourth-order valence-corrected chi connectivity index (χ4v) is 6.56. The van der Waals surface area contributed by atoms with Gasteiger partial charge in [-0.25, -0.2) is 4.79 Å². The number of carbonyl (C=O) groups excluding carboxylic acids is 1. The van der Waals surface area contributed by atoms with E-state index in [9.17, 15) is 4.79 Å². The molecule has 3 aliphatic heterocycles. The highest BCUT2D eigenvalue weighted by molar-refractivity contribution is 5.70. The van der Waals surface area contributed by atoms with Crippen molar-refractivity contribution in [3.05, 3.63) is 59.2 Å². The number of ether oxygens (including phenoxy) is 1. The molecule has 2 atom stereocenters. The van der Waals surface area contributed by atoms with Crippen LogP contribution in [-0.4, -0.2) is 36.7 Å². The molecule has 2 aromatic carbocycles. The third-order valence-electron chi connectivity index (χ3n) is 9.04. The van der Waals surface area contributed by atoms with Crippen LogP contribution in [0.2, 0.25) is 0 Å². The third kappa shape index (κ3) is 4.26. The minimum atomic E-state index is -0.240. The molecule has 0 spiro atoms. The van der Waals surface area contributed by atoms with E-state index in [1.807, 2.05) is 0 Å². The van der Waals surface area contributed by atoms with E-state index >= 15 is 0 Å². The summed E-state index contributed by atoms with van der Waals surface area (Å²) in [7, 11) is 0. The minimum Gasteiger partial charge on any atom is -0.445 e. The second kappa shape index (κ2) is 9.37. The average Bonchev–Trinajstić information content (AvgIpc) is 3.17. The molecule has 1 N–H and O–H groups in total. The molecular weight excluding hydrogens is 420 g/mol. The van der Waals surface area contributed by atoms with Crippen LogP contribution in [-0.2, 0) is 11.2 Å². The van der Waals surface area contributed by atoms with Gasteiger partial charge in [0.05, 0.1) is 6.04 Å². The summed E-state index contributed by atoms with van der Waals surface area (Å²) in [6, 6.07) is 15.8. The zero-order valence-electron chi connectivity index (χ0n) is 21.3.